The lowest BCUT2D eigenvalue weighted by atomic mass is 9.95. The smallest absolute Gasteiger partial charge is 0.466 e. The van der Waals surface area contributed by atoms with E-state index in [4.69, 9.17) is 14.2 Å². The third-order valence-electron chi connectivity index (χ3n) is 9.53. The van der Waals surface area contributed by atoms with E-state index in [1.807, 2.05) is 37.3 Å². The number of fused-ring (bicyclic) bond motifs is 1. The van der Waals surface area contributed by atoms with Crippen molar-refractivity contribution in [2.75, 3.05) is 33.4 Å². The maximum Gasteiger partial charge on any atom is 0.523 e. The van der Waals surface area contributed by atoms with Crippen LogP contribution in [0.25, 0.3) is 17.1 Å². The van der Waals surface area contributed by atoms with Gasteiger partial charge in [0.15, 0.2) is 6.10 Å². The molecule has 1 N–H and O–H groups in total. The van der Waals surface area contributed by atoms with Crippen LogP contribution in [0, 0.1) is 5.92 Å². The van der Waals surface area contributed by atoms with Gasteiger partial charge in [0.05, 0.1) is 24.2 Å². The molecule has 11 nitrogen and oxygen atoms in total. The van der Waals surface area contributed by atoms with E-state index in [-0.39, 0.29) is 30.5 Å². The minimum atomic E-state index is -0.836. The van der Waals surface area contributed by atoms with Crippen molar-refractivity contribution in [2.45, 2.75) is 82.6 Å². The number of likely N-dealkylation sites (tertiary alicyclic amines) is 2. The molecule has 0 spiro atoms. The van der Waals surface area contributed by atoms with Gasteiger partial charge in [-0.3, -0.25) is 0 Å². The summed E-state index contributed by atoms with van der Waals surface area (Å²) in [5.74, 6) is -0.125. The highest BCUT2D eigenvalue weighted by molar-refractivity contribution is 5.89. The van der Waals surface area contributed by atoms with Crippen molar-refractivity contribution < 1.29 is 33.1 Å². The fraction of sp³-hybridized carbons (Fsp3) is 0.559. The first-order chi connectivity index (χ1) is 21.8. The zero-order chi connectivity index (χ0) is 32.0. The fourth-order valence-corrected chi connectivity index (χ4v) is 7.08. The number of aromatic nitrogens is 2. The van der Waals surface area contributed by atoms with Crippen molar-refractivity contribution in [3.63, 3.8) is 0 Å². The van der Waals surface area contributed by atoms with E-state index in [1.54, 1.807) is 11.0 Å². The fourth-order valence-electron chi connectivity index (χ4n) is 7.08. The lowest BCUT2D eigenvalue weighted by Gasteiger charge is -2.36. The van der Waals surface area contributed by atoms with Gasteiger partial charge in [-0.2, -0.15) is 9.28 Å². The van der Waals surface area contributed by atoms with Gasteiger partial charge in [-0.05, 0) is 63.2 Å². The van der Waals surface area contributed by atoms with Crippen LogP contribution >= 0.6 is 0 Å². The third kappa shape index (κ3) is 6.89. The van der Waals surface area contributed by atoms with Crippen molar-refractivity contribution in [2.24, 2.45) is 5.92 Å². The van der Waals surface area contributed by atoms with Gasteiger partial charge >= 0.3 is 18.0 Å². The molecular formula is C34H46N5O6+. The monoisotopic (exact) mass is 620 g/mol. The zero-order valence-corrected chi connectivity index (χ0v) is 26.5. The average molecular weight is 621 g/mol. The van der Waals surface area contributed by atoms with E-state index in [9.17, 15) is 14.4 Å². The SMILES string of the molecule is C=CCCCO[C@H]1CCN(C(=O)N[C@H](C(=O)[N+]2(C(=O)OC)CC(Oc3nc4ccccc4nc3C=C)C[C@H]2C)C2CCCC2)C1. The van der Waals surface area contributed by atoms with Gasteiger partial charge in [-0.25, -0.2) is 19.6 Å². The number of unbranched alkanes of at least 4 members (excludes halogenated alkanes) is 1. The third-order valence-corrected chi connectivity index (χ3v) is 9.53. The maximum absolute atomic E-state index is 14.7. The highest BCUT2D eigenvalue weighted by Crippen LogP contribution is 2.37. The molecule has 1 aromatic carbocycles. The molecule has 2 aromatic rings. The molecule has 1 saturated carbocycles. The van der Waals surface area contributed by atoms with Gasteiger partial charge in [0.2, 0.25) is 5.88 Å². The van der Waals surface area contributed by atoms with E-state index in [0.29, 0.717) is 48.7 Å². The van der Waals surface area contributed by atoms with Crippen LogP contribution in [0.1, 0.15) is 64.0 Å². The Hall–Kier alpha value is -3.83. The number of quaternary nitrogens is 1. The average Bonchev–Trinajstić information content (AvgIpc) is 3.82. The number of nitrogens with one attached hydrogen (secondary N) is 1. The molecule has 2 unspecified atom stereocenters. The van der Waals surface area contributed by atoms with Crippen LogP contribution in [0.2, 0.25) is 0 Å². The van der Waals surface area contributed by atoms with Crippen molar-refractivity contribution in [3.8, 4) is 5.88 Å². The predicted molar refractivity (Wildman–Crippen MR) is 170 cm³/mol. The summed E-state index contributed by atoms with van der Waals surface area (Å²) in [5, 5.41) is 3.07. The number of allylic oxidation sites excluding steroid dienone is 1. The molecule has 11 heteroatoms. The minimum absolute atomic E-state index is 0.0372. The molecule has 5 rings (SSSR count). The molecule has 2 saturated heterocycles. The Bertz CT molecular complexity index is 1410. The molecule has 2 aliphatic heterocycles. The van der Waals surface area contributed by atoms with Gasteiger partial charge in [0, 0.05) is 26.1 Å². The van der Waals surface area contributed by atoms with E-state index in [2.05, 4.69) is 28.4 Å². The molecule has 242 valence electrons. The van der Waals surface area contributed by atoms with Crippen LogP contribution in [-0.2, 0) is 14.3 Å². The van der Waals surface area contributed by atoms with E-state index >= 15 is 0 Å². The molecule has 5 atom stereocenters. The summed E-state index contributed by atoms with van der Waals surface area (Å²) in [6, 6.07) is 5.89. The number of ether oxygens (including phenoxy) is 3. The lowest BCUT2D eigenvalue weighted by molar-refractivity contribution is -0.794. The van der Waals surface area contributed by atoms with E-state index in [1.165, 1.54) is 7.11 Å². The normalized spacial score (nSPS) is 25.6. The summed E-state index contributed by atoms with van der Waals surface area (Å²) in [4.78, 5) is 52.9. The summed E-state index contributed by atoms with van der Waals surface area (Å²) >= 11 is 0. The first-order valence-corrected chi connectivity index (χ1v) is 16.1. The molecule has 0 radical (unpaired) electrons. The quantitative estimate of drug-likeness (QED) is 0.206. The lowest BCUT2D eigenvalue weighted by Crippen LogP contribution is -2.67. The molecule has 4 amide bonds. The molecular weight excluding hydrogens is 574 g/mol. The summed E-state index contributed by atoms with van der Waals surface area (Å²) < 4.78 is 17.0. The van der Waals surface area contributed by atoms with Gasteiger partial charge in [0.1, 0.15) is 24.3 Å². The number of methoxy groups -OCH3 is 1. The first kappa shape index (κ1) is 32.6. The highest BCUT2D eigenvalue weighted by Gasteiger charge is 2.61. The van der Waals surface area contributed by atoms with Crippen LogP contribution < -0.4 is 10.1 Å². The van der Waals surface area contributed by atoms with Gasteiger partial charge < -0.3 is 24.4 Å². The molecule has 3 aliphatic rings. The number of nitrogens with zero attached hydrogens (tertiary/aromatic N) is 4. The Kier molecular flexibility index (Phi) is 10.5. The van der Waals surface area contributed by atoms with Gasteiger partial charge in [-0.15, -0.1) is 6.58 Å². The molecule has 3 fully saturated rings. The largest absolute Gasteiger partial charge is 0.523 e. The van der Waals surface area contributed by atoms with Gasteiger partial charge in [-0.1, -0.05) is 37.6 Å². The number of hydrogen-bond acceptors (Lipinski definition) is 8. The van der Waals surface area contributed by atoms with Crippen LogP contribution in [0.4, 0.5) is 9.59 Å². The molecule has 0 bridgehead atoms. The maximum atomic E-state index is 14.7. The van der Waals surface area contributed by atoms with Crippen LogP contribution in [0.5, 0.6) is 5.88 Å². The Morgan fingerprint density at radius 1 is 1.11 bits per heavy atom. The Labute approximate surface area is 265 Å². The number of imide groups is 1. The number of carbonyl (C=O) groups is 3. The minimum Gasteiger partial charge on any atom is -0.466 e. The second-order valence-corrected chi connectivity index (χ2v) is 12.4. The number of para-hydroxylation sites is 2. The summed E-state index contributed by atoms with van der Waals surface area (Å²) in [6.07, 6.45) is 8.72. The molecule has 3 heterocycles. The topological polar surface area (TPSA) is 120 Å². The standard InChI is InChI=1S/C34H45N5O6/c1-5-7-12-19-44-25-17-18-38(21-25)33(41)37-30(24-13-8-9-14-24)32(40)39(34(42)43-4)22-26(20-23(39)3)45-31-27(6-2)35-28-15-10-11-16-29(28)36-31/h5-6,10-11,15-16,23-26,30H,1-2,7-9,12-14,17-22H2,3-4H3/p+1/t23-,25+,26?,30+,39?/m1/s1. The highest BCUT2D eigenvalue weighted by atomic mass is 16.6. The molecule has 45 heavy (non-hydrogen) atoms. The van der Waals surface area contributed by atoms with Crippen molar-refractivity contribution in [3.05, 3.63) is 49.2 Å². The Morgan fingerprint density at radius 2 is 1.84 bits per heavy atom. The number of carbonyl (C=O) groups excluding carboxylic acids is 3. The van der Waals surface area contributed by atoms with E-state index in [0.717, 1.165) is 44.9 Å². The van der Waals surface area contributed by atoms with E-state index < -0.39 is 28.8 Å². The number of rotatable bonds is 11. The van der Waals surface area contributed by atoms with Gasteiger partial charge in [0.25, 0.3) is 0 Å². The Morgan fingerprint density at radius 3 is 2.53 bits per heavy atom. The number of urea groups is 1. The van der Waals surface area contributed by atoms with Crippen molar-refractivity contribution >= 4 is 35.1 Å². The van der Waals surface area contributed by atoms with Crippen LogP contribution in [-0.4, -0.2) is 95.0 Å². The predicted octanol–water partition coefficient (Wildman–Crippen LogP) is 5.25. The second kappa shape index (κ2) is 14.5. The molecule has 1 aliphatic carbocycles. The summed E-state index contributed by atoms with van der Waals surface area (Å²) in [7, 11) is 1.30. The van der Waals surface area contributed by atoms with Crippen LogP contribution in [0.15, 0.2) is 43.5 Å². The zero-order valence-electron chi connectivity index (χ0n) is 26.5. The van der Waals surface area contributed by atoms with Crippen molar-refractivity contribution in [1.29, 1.82) is 0 Å². The second-order valence-electron chi connectivity index (χ2n) is 12.4. The Balaban J connectivity index is 1.35. The number of benzene rings is 1. The molecule has 1 aromatic heterocycles. The summed E-state index contributed by atoms with van der Waals surface area (Å²) in [6.45, 7) is 11.2. The number of amides is 4. The number of hydrogen-bond donors (Lipinski definition) is 1. The van der Waals surface area contributed by atoms with Crippen molar-refractivity contribution in [1.82, 2.24) is 20.2 Å². The van der Waals surface area contributed by atoms with Crippen LogP contribution in [0.3, 0.4) is 0 Å². The first-order valence-electron chi connectivity index (χ1n) is 16.1. The summed E-state index contributed by atoms with van der Waals surface area (Å²) in [5.41, 5.74) is 1.87.